The van der Waals surface area contributed by atoms with Gasteiger partial charge in [-0.1, -0.05) is 23.5 Å². The molecule has 0 bridgehead atoms. The monoisotopic (exact) mass is 311 g/mol. The predicted molar refractivity (Wildman–Crippen MR) is 84.2 cm³/mol. The summed E-state index contributed by atoms with van der Waals surface area (Å²) in [4.78, 5) is 22.3. The van der Waals surface area contributed by atoms with E-state index in [0.29, 0.717) is 23.8 Å². The molecule has 1 fully saturated rings. The van der Waals surface area contributed by atoms with Gasteiger partial charge in [0.25, 0.3) is 11.1 Å². The van der Waals surface area contributed by atoms with Crippen LogP contribution in [0.15, 0.2) is 48.8 Å². The molecule has 1 saturated heterocycles. The number of rotatable bonds is 3. The zero-order chi connectivity index (χ0) is 14.9. The molecule has 0 unspecified atom stereocenters. The minimum Gasteiger partial charge on any atom is -0.463 e. The standard InChI is InChI=1S/C16H13N3O2S/c20-15(11-5-7-17-8-6-11)19-9-12(10-19)21-16-18-13-3-1-2-4-14(13)22-16/h1-8,12H,9-10H2. The fourth-order valence-electron chi connectivity index (χ4n) is 2.40. The van der Waals surface area contributed by atoms with Crippen LogP contribution in [0.1, 0.15) is 10.4 Å². The van der Waals surface area contributed by atoms with Crippen LogP contribution < -0.4 is 4.74 Å². The van der Waals surface area contributed by atoms with Crippen molar-refractivity contribution in [3.8, 4) is 5.19 Å². The fraction of sp³-hybridized carbons (Fsp3) is 0.188. The van der Waals surface area contributed by atoms with E-state index in [-0.39, 0.29) is 12.0 Å². The van der Waals surface area contributed by atoms with Crippen LogP contribution in [0.25, 0.3) is 10.2 Å². The summed E-state index contributed by atoms with van der Waals surface area (Å²) in [7, 11) is 0. The van der Waals surface area contributed by atoms with Gasteiger partial charge < -0.3 is 9.64 Å². The molecular weight excluding hydrogens is 298 g/mol. The molecule has 0 spiro atoms. The van der Waals surface area contributed by atoms with Gasteiger partial charge in [-0.15, -0.1) is 0 Å². The molecule has 1 aromatic carbocycles. The molecule has 3 aromatic rings. The number of para-hydroxylation sites is 1. The van der Waals surface area contributed by atoms with Crippen LogP contribution in [0.4, 0.5) is 0 Å². The smallest absolute Gasteiger partial charge is 0.274 e. The summed E-state index contributed by atoms with van der Waals surface area (Å²) in [6.07, 6.45) is 3.27. The van der Waals surface area contributed by atoms with E-state index < -0.39 is 0 Å². The molecule has 0 saturated carbocycles. The Morgan fingerprint density at radius 3 is 2.73 bits per heavy atom. The van der Waals surface area contributed by atoms with E-state index >= 15 is 0 Å². The molecular formula is C16H13N3O2S. The van der Waals surface area contributed by atoms with Gasteiger partial charge in [0.2, 0.25) is 0 Å². The van der Waals surface area contributed by atoms with Gasteiger partial charge in [-0.2, -0.15) is 0 Å². The lowest BCUT2D eigenvalue weighted by atomic mass is 10.1. The van der Waals surface area contributed by atoms with E-state index in [9.17, 15) is 4.79 Å². The van der Waals surface area contributed by atoms with Crippen LogP contribution in [-0.4, -0.2) is 40.0 Å². The third-order valence-corrected chi connectivity index (χ3v) is 4.53. The van der Waals surface area contributed by atoms with Crippen molar-refractivity contribution >= 4 is 27.5 Å². The van der Waals surface area contributed by atoms with E-state index in [0.717, 1.165) is 10.2 Å². The number of fused-ring (bicyclic) bond motifs is 1. The number of hydrogen-bond donors (Lipinski definition) is 0. The van der Waals surface area contributed by atoms with Crippen LogP contribution in [-0.2, 0) is 0 Å². The molecule has 1 amide bonds. The number of thiazole rings is 1. The Morgan fingerprint density at radius 2 is 1.95 bits per heavy atom. The maximum atomic E-state index is 12.2. The number of aromatic nitrogens is 2. The molecule has 110 valence electrons. The zero-order valence-corrected chi connectivity index (χ0v) is 12.5. The summed E-state index contributed by atoms with van der Waals surface area (Å²) >= 11 is 1.54. The Balaban J connectivity index is 1.38. The van der Waals surface area contributed by atoms with Crippen LogP contribution >= 0.6 is 11.3 Å². The Morgan fingerprint density at radius 1 is 1.18 bits per heavy atom. The summed E-state index contributed by atoms with van der Waals surface area (Å²) in [5.41, 5.74) is 1.61. The summed E-state index contributed by atoms with van der Waals surface area (Å²) in [6.45, 7) is 1.19. The molecule has 0 radical (unpaired) electrons. The lowest BCUT2D eigenvalue weighted by Crippen LogP contribution is -2.56. The SMILES string of the molecule is O=C(c1ccncc1)N1CC(Oc2nc3ccccc3s2)C1. The number of likely N-dealkylation sites (tertiary alicyclic amines) is 1. The third kappa shape index (κ3) is 2.42. The van der Waals surface area contributed by atoms with Crippen LogP contribution in [0.5, 0.6) is 5.19 Å². The van der Waals surface area contributed by atoms with Crippen LogP contribution in [0.3, 0.4) is 0 Å². The van der Waals surface area contributed by atoms with Gasteiger partial charge in [-0.25, -0.2) is 4.98 Å². The number of benzene rings is 1. The number of nitrogens with zero attached hydrogens (tertiary/aromatic N) is 3. The predicted octanol–water partition coefficient (Wildman–Crippen LogP) is 2.59. The summed E-state index contributed by atoms with van der Waals surface area (Å²) in [6, 6.07) is 11.4. The van der Waals surface area contributed by atoms with Crippen molar-refractivity contribution in [1.82, 2.24) is 14.9 Å². The van der Waals surface area contributed by atoms with Gasteiger partial charge in [0.15, 0.2) is 0 Å². The number of carbonyl (C=O) groups is 1. The lowest BCUT2D eigenvalue weighted by molar-refractivity contribution is 0.0178. The molecule has 0 aliphatic carbocycles. The second kappa shape index (κ2) is 5.38. The van der Waals surface area contributed by atoms with Crippen molar-refractivity contribution in [2.24, 2.45) is 0 Å². The highest BCUT2D eigenvalue weighted by Crippen LogP contribution is 2.29. The number of hydrogen-bond acceptors (Lipinski definition) is 5. The molecule has 2 aromatic heterocycles. The van der Waals surface area contributed by atoms with Crippen molar-refractivity contribution in [3.63, 3.8) is 0 Å². The highest BCUT2D eigenvalue weighted by atomic mass is 32.1. The van der Waals surface area contributed by atoms with Gasteiger partial charge in [0.1, 0.15) is 6.10 Å². The average molecular weight is 311 g/mol. The highest BCUT2D eigenvalue weighted by Gasteiger charge is 2.33. The van der Waals surface area contributed by atoms with E-state index in [1.165, 1.54) is 11.3 Å². The number of carbonyl (C=O) groups excluding carboxylic acids is 1. The molecule has 0 N–H and O–H groups in total. The van der Waals surface area contributed by atoms with Gasteiger partial charge in [-0.3, -0.25) is 9.78 Å². The number of ether oxygens (including phenoxy) is 1. The number of pyridine rings is 1. The lowest BCUT2D eigenvalue weighted by Gasteiger charge is -2.38. The quantitative estimate of drug-likeness (QED) is 0.746. The second-order valence-electron chi connectivity index (χ2n) is 5.13. The molecule has 1 aliphatic rings. The normalized spacial score (nSPS) is 14.8. The van der Waals surface area contributed by atoms with Gasteiger partial charge >= 0.3 is 0 Å². The van der Waals surface area contributed by atoms with E-state index in [4.69, 9.17) is 4.74 Å². The van der Waals surface area contributed by atoms with Crippen molar-refractivity contribution < 1.29 is 9.53 Å². The molecule has 22 heavy (non-hydrogen) atoms. The Hall–Kier alpha value is -2.47. The topological polar surface area (TPSA) is 55.3 Å². The molecule has 4 rings (SSSR count). The van der Waals surface area contributed by atoms with Crippen molar-refractivity contribution in [2.75, 3.05) is 13.1 Å². The van der Waals surface area contributed by atoms with Crippen molar-refractivity contribution in [3.05, 3.63) is 54.4 Å². The van der Waals surface area contributed by atoms with E-state index in [2.05, 4.69) is 9.97 Å². The Labute approximate surface area is 131 Å². The van der Waals surface area contributed by atoms with Crippen LogP contribution in [0, 0.1) is 0 Å². The first-order valence-electron chi connectivity index (χ1n) is 7.01. The maximum Gasteiger partial charge on any atom is 0.274 e. The van der Waals surface area contributed by atoms with Crippen molar-refractivity contribution in [2.45, 2.75) is 6.10 Å². The zero-order valence-electron chi connectivity index (χ0n) is 11.7. The van der Waals surface area contributed by atoms with Gasteiger partial charge in [0.05, 0.1) is 23.3 Å². The molecule has 1 aliphatic heterocycles. The largest absolute Gasteiger partial charge is 0.463 e. The summed E-state index contributed by atoms with van der Waals surface area (Å²) in [5.74, 6) is 0.0200. The molecule has 5 nitrogen and oxygen atoms in total. The van der Waals surface area contributed by atoms with Crippen LogP contribution in [0.2, 0.25) is 0 Å². The first-order valence-corrected chi connectivity index (χ1v) is 7.83. The minimum absolute atomic E-state index is 0.0198. The minimum atomic E-state index is 0.0198. The molecule has 0 atom stereocenters. The van der Waals surface area contributed by atoms with E-state index in [1.807, 2.05) is 24.3 Å². The Bertz CT molecular complexity index is 779. The average Bonchev–Trinajstić information content (AvgIpc) is 2.93. The fourth-order valence-corrected chi connectivity index (χ4v) is 3.28. The van der Waals surface area contributed by atoms with E-state index in [1.54, 1.807) is 29.4 Å². The highest BCUT2D eigenvalue weighted by molar-refractivity contribution is 7.20. The summed E-state index contributed by atoms with van der Waals surface area (Å²) in [5, 5.41) is 0.669. The first kappa shape index (κ1) is 13.2. The third-order valence-electron chi connectivity index (χ3n) is 3.60. The second-order valence-corrected chi connectivity index (χ2v) is 6.13. The summed E-state index contributed by atoms with van der Waals surface area (Å²) < 4.78 is 6.97. The van der Waals surface area contributed by atoms with Crippen molar-refractivity contribution in [1.29, 1.82) is 0 Å². The first-order chi connectivity index (χ1) is 10.8. The number of amides is 1. The van der Waals surface area contributed by atoms with Gasteiger partial charge in [-0.05, 0) is 24.3 Å². The van der Waals surface area contributed by atoms with Gasteiger partial charge in [0, 0.05) is 18.0 Å². The Kier molecular flexibility index (Phi) is 3.23. The molecule has 6 heteroatoms. The maximum absolute atomic E-state index is 12.2. The molecule has 3 heterocycles.